The molecule has 0 fully saturated rings. The van der Waals surface area contributed by atoms with Gasteiger partial charge >= 0.3 is 6.18 Å². The van der Waals surface area contributed by atoms with Gasteiger partial charge < -0.3 is 86.8 Å². The van der Waals surface area contributed by atoms with Crippen molar-refractivity contribution in [3.05, 3.63) is 153 Å². The minimum Gasteiger partial charge on any atom is -0.493 e. The number of para-hydroxylation sites is 1. The molecule has 36 nitrogen and oxygen atoms in total. The number of nitrogen functional groups attached to an aromatic ring is 4. The van der Waals surface area contributed by atoms with Gasteiger partial charge in [0, 0.05) is 81.1 Å². The van der Waals surface area contributed by atoms with Crippen molar-refractivity contribution in [2.45, 2.75) is 19.5 Å². The smallest absolute Gasteiger partial charge is 0.416 e. The molecule has 8 heterocycles. The second-order valence-corrected chi connectivity index (χ2v) is 27.4. The van der Waals surface area contributed by atoms with Crippen LogP contribution in [-0.4, -0.2) is 148 Å². The van der Waals surface area contributed by atoms with E-state index >= 15 is 0 Å². The van der Waals surface area contributed by atoms with E-state index in [0.29, 0.717) is 122 Å². The van der Waals surface area contributed by atoms with E-state index < -0.39 is 16.7 Å². The molecule has 12 N–H and O–H groups in total. The minimum atomic E-state index is -4.44. The predicted molar refractivity (Wildman–Crippen MR) is 425 cm³/mol. The van der Waals surface area contributed by atoms with Crippen LogP contribution in [0, 0.1) is 10.1 Å². The Hall–Kier alpha value is -13.3. The van der Waals surface area contributed by atoms with E-state index in [1.807, 2.05) is 60.8 Å². The molecular formula is C68H65BrF3N25O11S4. The number of non-ortho nitro benzene ring substituents is 1. The molecular weight excluding hydrogens is 1610 g/mol. The number of nitro groups is 1. The summed E-state index contributed by atoms with van der Waals surface area (Å²) in [5.41, 5.74) is 28.8. The number of methoxy groups -OCH3 is 9. The number of nitro benzene ring substituents is 1. The van der Waals surface area contributed by atoms with Crippen LogP contribution >= 0.6 is 61.3 Å². The largest absolute Gasteiger partial charge is 0.493 e. The van der Waals surface area contributed by atoms with Gasteiger partial charge in [-0.15, -0.1) is 31.7 Å². The number of benzene rings is 7. The third-order valence-electron chi connectivity index (χ3n) is 15.6. The molecule has 0 atom stereocenters. The number of aryl methyl sites for hydroxylation is 1. The van der Waals surface area contributed by atoms with Crippen LogP contribution in [0.5, 0.6) is 51.7 Å². The molecule has 15 aromatic rings. The molecule has 8 aromatic heterocycles. The molecule has 0 spiro atoms. The van der Waals surface area contributed by atoms with Crippen molar-refractivity contribution in [2.24, 2.45) is 0 Å². The second kappa shape index (κ2) is 34.1. The third kappa shape index (κ3) is 17.5. The molecule has 0 radical (unpaired) electrons. The summed E-state index contributed by atoms with van der Waals surface area (Å²) in [5.74, 6) is 5.99. The van der Waals surface area contributed by atoms with Gasteiger partial charge in [-0.05, 0) is 61.0 Å². The van der Waals surface area contributed by atoms with Gasteiger partial charge in [0.1, 0.15) is 0 Å². The lowest BCUT2D eigenvalue weighted by atomic mass is 10.2. The molecule has 7 aromatic carbocycles. The fourth-order valence-corrected chi connectivity index (χ4v) is 14.5. The van der Waals surface area contributed by atoms with E-state index in [-0.39, 0.29) is 40.6 Å². The lowest BCUT2D eigenvalue weighted by molar-refractivity contribution is -0.384. The number of anilines is 12. The van der Waals surface area contributed by atoms with Crippen molar-refractivity contribution >= 4 is 168 Å². The summed E-state index contributed by atoms with van der Waals surface area (Å²) in [4.78, 5) is 45.2. The van der Waals surface area contributed by atoms with E-state index in [4.69, 9.17) is 65.6 Å². The van der Waals surface area contributed by atoms with Crippen molar-refractivity contribution < 1.29 is 60.7 Å². The molecule has 0 aliphatic rings. The van der Waals surface area contributed by atoms with E-state index in [9.17, 15) is 23.3 Å². The molecule has 0 unspecified atom stereocenters. The first-order valence-electron chi connectivity index (χ1n) is 32.4. The average molecular weight is 1670 g/mol. The summed E-state index contributed by atoms with van der Waals surface area (Å²) < 4.78 is 95.6. The average Bonchev–Trinajstić information content (AvgIpc) is 1.67. The van der Waals surface area contributed by atoms with Gasteiger partial charge in [0.15, 0.2) is 34.5 Å². The number of nitrogens with two attached hydrogens (primary N) is 4. The molecule has 44 heteroatoms. The number of aromatic nitrogens is 16. The van der Waals surface area contributed by atoms with Crippen LogP contribution in [0.2, 0.25) is 0 Å². The van der Waals surface area contributed by atoms with E-state index in [0.717, 1.165) is 56.0 Å². The Morgan fingerprint density at radius 2 is 0.812 bits per heavy atom. The maximum atomic E-state index is 13.0. The Morgan fingerprint density at radius 3 is 1.18 bits per heavy atom. The Balaban J connectivity index is 0.000000140. The maximum Gasteiger partial charge on any atom is 0.416 e. The van der Waals surface area contributed by atoms with Crippen LogP contribution in [0.25, 0.3) is 51.2 Å². The topological polar surface area (TPSA) is 453 Å². The second-order valence-electron chi connectivity index (χ2n) is 22.6. The number of rotatable bonds is 23. The minimum absolute atomic E-state index is 0.00930. The Morgan fingerprint density at radius 1 is 0.438 bits per heavy atom. The third-order valence-corrected chi connectivity index (χ3v) is 19.9. The number of hydrogen-bond acceptors (Lipinski definition) is 35. The zero-order valence-electron chi connectivity index (χ0n) is 60.4. The van der Waals surface area contributed by atoms with Crippen LogP contribution in [0.3, 0.4) is 0 Å². The van der Waals surface area contributed by atoms with Gasteiger partial charge in [-0.2, -0.15) is 51.8 Å². The highest BCUT2D eigenvalue weighted by molar-refractivity contribution is 9.10. The van der Waals surface area contributed by atoms with Crippen LogP contribution < -0.4 is 86.8 Å². The summed E-state index contributed by atoms with van der Waals surface area (Å²) in [6, 6.07) is 33.7. The molecule has 0 bridgehead atoms. The van der Waals surface area contributed by atoms with Crippen LogP contribution in [0.15, 0.2) is 131 Å². The van der Waals surface area contributed by atoms with Crippen LogP contribution in [0.1, 0.15) is 18.2 Å². The quantitative estimate of drug-likeness (QED) is 0.0218. The number of nitrogens with one attached hydrogen (secondary N) is 4. The standard InChI is InChI=1S/C19H17F3N6O3S.C18H17N7O5S.C16H20N6O3S.C15H11BrN6S/c1-29-12-7-10(8-13(30-2)15(12)31-3)24-17-26-16(23)28(27-17)18-25-11-5-4-9(19(20,21)22)6-14(11)32-18;1-28-12-6-9(7-13(29-2)15(12)30-3)20-17-22-16(19)24(23-17)18-21-11-5-4-10(25(26)27)8-14(11)31-18;1-5-9-8-26-16(19-9)22-14(17)20-15(21-22)18-10-6-11(23-2)13(25-4)12(7-10)24-3;16-9-4-3-5-10(8-9)18-14-20-13(17)22(21-14)15-19-11-6-1-2-7-12(11)23-15/h4-8H,1-3H3,(H3,23,24,26,27);4-8H,1-3H3,(H3,19,20,22,23);6-8H,5H2,1-4H3,(H3,17,18,20,21);1-8H,(H3,17,18,20,21). The van der Waals surface area contributed by atoms with E-state index in [1.54, 1.807) is 68.5 Å². The molecule has 0 saturated heterocycles. The first-order valence-corrected chi connectivity index (χ1v) is 36.5. The van der Waals surface area contributed by atoms with Gasteiger partial charge in [0.25, 0.3) is 5.69 Å². The number of alkyl halides is 3. The van der Waals surface area contributed by atoms with Crippen LogP contribution in [-0.2, 0) is 12.6 Å². The molecule has 0 aliphatic carbocycles. The first kappa shape index (κ1) is 78.3. The number of thiazole rings is 4. The van der Waals surface area contributed by atoms with E-state index in [1.165, 1.54) is 109 Å². The zero-order chi connectivity index (χ0) is 79.7. The molecule has 580 valence electrons. The summed E-state index contributed by atoms with van der Waals surface area (Å²) >= 11 is 8.65. The first-order chi connectivity index (χ1) is 53.9. The van der Waals surface area contributed by atoms with E-state index in [2.05, 4.69) is 97.5 Å². The zero-order valence-corrected chi connectivity index (χ0v) is 65.2. The van der Waals surface area contributed by atoms with Gasteiger partial charge in [0.2, 0.25) is 85.4 Å². The summed E-state index contributed by atoms with van der Waals surface area (Å²) in [6.07, 6.45) is -3.59. The lowest BCUT2D eigenvalue weighted by Gasteiger charge is -2.14. The van der Waals surface area contributed by atoms with Crippen molar-refractivity contribution in [3.8, 4) is 72.3 Å². The number of ether oxygens (including phenoxy) is 9. The lowest BCUT2D eigenvalue weighted by Crippen LogP contribution is -2.03. The number of halogens is 4. The van der Waals surface area contributed by atoms with Crippen molar-refractivity contribution in [2.75, 3.05) is 108 Å². The number of fused-ring (bicyclic) bond motifs is 3. The van der Waals surface area contributed by atoms with Gasteiger partial charge in [0.05, 0.1) is 111 Å². The summed E-state index contributed by atoms with van der Waals surface area (Å²) in [6.45, 7) is 2.04. The highest BCUT2D eigenvalue weighted by Gasteiger charge is 2.31. The van der Waals surface area contributed by atoms with Crippen molar-refractivity contribution in [3.63, 3.8) is 0 Å². The molecule has 0 aliphatic heterocycles. The van der Waals surface area contributed by atoms with Gasteiger partial charge in [-0.3, -0.25) is 10.1 Å². The number of nitrogens with zero attached hydrogens (tertiary/aromatic N) is 17. The van der Waals surface area contributed by atoms with Crippen molar-refractivity contribution in [1.29, 1.82) is 0 Å². The van der Waals surface area contributed by atoms with Crippen LogP contribution in [0.4, 0.5) is 89.2 Å². The molecule has 15 rings (SSSR count). The monoisotopic (exact) mass is 1670 g/mol. The fraction of sp³-hybridized carbons (Fsp3) is 0.176. The van der Waals surface area contributed by atoms with Gasteiger partial charge in [-0.1, -0.05) is 75.1 Å². The Labute approximate surface area is 656 Å². The fourth-order valence-electron chi connectivity index (χ4n) is 10.4. The highest BCUT2D eigenvalue weighted by atomic mass is 79.9. The Bertz CT molecular complexity index is 5780. The maximum absolute atomic E-state index is 13.0. The highest BCUT2D eigenvalue weighted by Crippen LogP contribution is 2.44. The number of hydrogen-bond donors (Lipinski definition) is 8. The van der Waals surface area contributed by atoms with Gasteiger partial charge in [-0.25, -0.2) is 19.9 Å². The predicted octanol–water partition coefficient (Wildman–Crippen LogP) is 14.0. The summed E-state index contributed by atoms with van der Waals surface area (Å²) in [5, 5.41) is 44.7. The normalized spacial score (nSPS) is 11.0. The molecule has 0 amide bonds. The molecule has 112 heavy (non-hydrogen) atoms. The summed E-state index contributed by atoms with van der Waals surface area (Å²) in [7, 11) is 13.7. The SMILES string of the molecule is CCc1csc(-n2nc(Nc3cc(OC)c(OC)c(OC)c3)nc2N)n1.COc1cc(Nc2nc(N)n(-c3nc4ccc(C(F)(F)F)cc4s3)n2)cc(OC)c1OC.COc1cc(Nc2nc(N)n(-c3nc4ccc([N+](=O)[O-])cc4s3)n2)cc(OC)c1OC.Nc1nc(Nc2cccc(Br)c2)nn1-c1nc2ccccc2s1. The molecule has 0 saturated carbocycles. The van der Waals surface area contributed by atoms with Crippen molar-refractivity contribution in [1.82, 2.24) is 79.0 Å². The Kier molecular flexibility index (Phi) is 23.8.